The first kappa shape index (κ1) is 19.1. The van der Waals surface area contributed by atoms with Crippen LogP contribution in [-0.2, 0) is 11.3 Å². The molecule has 0 saturated carbocycles. The molecule has 0 heterocycles. The first-order valence-corrected chi connectivity index (χ1v) is 7.82. The summed E-state index contributed by atoms with van der Waals surface area (Å²) in [6.45, 7) is -2.57. The fourth-order valence-electron chi connectivity index (χ4n) is 2.26. The molecule has 0 bridgehead atoms. The Morgan fingerprint density at radius 1 is 1.24 bits per heavy atom. The molecule has 2 N–H and O–H groups in total. The highest BCUT2D eigenvalue weighted by molar-refractivity contribution is 6.31. The van der Waals surface area contributed by atoms with Crippen molar-refractivity contribution in [1.29, 1.82) is 0 Å². The van der Waals surface area contributed by atoms with Crippen molar-refractivity contribution in [3.05, 3.63) is 58.9 Å². The number of carbonyl (C=O) groups is 1. The Balaban J connectivity index is 1.89. The van der Waals surface area contributed by atoms with Gasteiger partial charge in [0, 0.05) is 5.69 Å². The highest BCUT2D eigenvalue weighted by Gasteiger charge is 2.15. The van der Waals surface area contributed by atoms with Crippen LogP contribution in [0.1, 0.15) is 5.56 Å². The Bertz CT molecular complexity index is 706. The van der Waals surface area contributed by atoms with Gasteiger partial charge in [0.05, 0.1) is 17.6 Å². The highest BCUT2D eigenvalue weighted by atomic mass is 35.5. The second kappa shape index (κ2) is 8.73. The second-order valence-electron chi connectivity index (χ2n) is 5.46. The summed E-state index contributed by atoms with van der Waals surface area (Å²) >= 11 is 5.97. The number of alkyl halides is 2. The maximum Gasteiger partial charge on any atom is 0.387 e. The number of ether oxygens (including phenoxy) is 1. The van der Waals surface area contributed by atoms with Crippen LogP contribution in [0.4, 0.5) is 18.9 Å². The zero-order valence-corrected chi connectivity index (χ0v) is 14.1. The van der Waals surface area contributed by atoms with E-state index in [-0.39, 0.29) is 24.7 Å². The largest absolute Gasteiger partial charge is 0.435 e. The van der Waals surface area contributed by atoms with E-state index in [4.69, 9.17) is 11.6 Å². The van der Waals surface area contributed by atoms with Crippen LogP contribution in [0, 0.1) is 5.82 Å². The van der Waals surface area contributed by atoms with Crippen LogP contribution in [-0.4, -0.2) is 26.1 Å². The van der Waals surface area contributed by atoms with Crippen LogP contribution >= 0.6 is 11.6 Å². The van der Waals surface area contributed by atoms with Gasteiger partial charge in [0.25, 0.3) is 5.91 Å². The SMILES string of the molecule is C[NH+](CC(=O)Nc1ccc(OC(F)F)cc1)Cc1c(F)cccc1Cl. The van der Waals surface area contributed by atoms with Gasteiger partial charge in [-0.15, -0.1) is 0 Å². The number of nitrogens with one attached hydrogen (secondary N) is 2. The van der Waals surface area contributed by atoms with Gasteiger partial charge >= 0.3 is 6.61 Å². The van der Waals surface area contributed by atoms with Gasteiger partial charge in [0.1, 0.15) is 18.1 Å². The monoisotopic (exact) mass is 373 g/mol. The second-order valence-corrected chi connectivity index (χ2v) is 5.87. The number of amides is 1. The molecular formula is C17H17ClF3N2O2+. The van der Waals surface area contributed by atoms with E-state index in [0.29, 0.717) is 16.3 Å². The van der Waals surface area contributed by atoms with Crippen molar-refractivity contribution in [3.63, 3.8) is 0 Å². The Morgan fingerprint density at radius 3 is 2.52 bits per heavy atom. The van der Waals surface area contributed by atoms with E-state index in [1.54, 1.807) is 13.1 Å². The van der Waals surface area contributed by atoms with Gasteiger partial charge in [-0.1, -0.05) is 17.7 Å². The Labute approximate surface area is 148 Å². The Morgan fingerprint density at radius 2 is 1.92 bits per heavy atom. The molecule has 0 spiro atoms. The molecule has 2 aromatic rings. The predicted octanol–water partition coefficient (Wildman–Crippen LogP) is 2.73. The minimum atomic E-state index is -2.90. The van der Waals surface area contributed by atoms with Crippen LogP contribution < -0.4 is 15.0 Å². The molecular weight excluding hydrogens is 357 g/mol. The van der Waals surface area contributed by atoms with E-state index >= 15 is 0 Å². The summed E-state index contributed by atoms with van der Waals surface area (Å²) in [4.78, 5) is 12.8. The summed E-state index contributed by atoms with van der Waals surface area (Å²) in [6, 6.07) is 10.0. The van der Waals surface area contributed by atoms with E-state index < -0.39 is 12.4 Å². The number of rotatable bonds is 7. The minimum absolute atomic E-state index is 0.00457. The van der Waals surface area contributed by atoms with Crippen molar-refractivity contribution in [2.75, 3.05) is 18.9 Å². The number of likely N-dealkylation sites (N-methyl/N-ethyl adjacent to an activating group) is 1. The van der Waals surface area contributed by atoms with E-state index in [0.717, 1.165) is 4.90 Å². The van der Waals surface area contributed by atoms with E-state index in [9.17, 15) is 18.0 Å². The third-order valence-electron chi connectivity index (χ3n) is 3.37. The number of anilines is 1. The van der Waals surface area contributed by atoms with Crippen LogP contribution in [0.2, 0.25) is 5.02 Å². The predicted molar refractivity (Wildman–Crippen MR) is 88.6 cm³/mol. The summed E-state index contributed by atoms with van der Waals surface area (Å²) in [7, 11) is 1.74. The summed E-state index contributed by atoms with van der Waals surface area (Å²) in [5.41, 5.74) is 0.798. The van der Waals surface area contributed by atoms with Crippen LogP contribution in [0.15, 0.2) is 42.5 Å². The van der Waals surface area contributed by atoms with Gasteiger partial charge in [-0.3, -0.25) is 4.79 Å². The lowest BCUT2D eigenvalue weighted by Gasteiger charge is -2.15. The maximum atomic E-state index is 13.8. The third-order valence-corrected chi connectivity index (χ3v) is 3.72. The molecule has 0 aromatic heterocycles. The summed E-state index contributed by atoms with van der Waals surface area (Å²) in [5.74, 6) is -0.709. The Hall–Kier alpha value is -2.25. The van der Waals surface area contributed by atoms with Crippen LogP contribution in [0.25, 0.3) is 0 Å². The van der Waals surface area contributed by atoms with Gasteiger partial charge in [-0.05, 0) is 36.4 Å². The van der Waals surface area contributed by atoms with Gasteiger partial charge in [-0.2, -0.15) is 8.78 Å². The molecule has 134 valence electrons. The van der Waals surface area contributed by atoms with E-state index in [1.807, 2.05) is 0 Å². The molecule has 0 saturated heterocycles. The molecule has 4 nitrogen and oxygen atoms in total. The highest BCUT2D eigenvalue weighted by Crippen LogP contribution is 2.18. The van der Waals surface area contributed by atoms with Crippen molar-refractivity contribution >= 4 is 23.2 Å². The molecule has 0 aliphatic rings. The van der Waals surface area contributed by atoms with Crippen molar-refractivity contribution in [1.82, 2.24) is 0 Å². The zero-order chi connectivity index (χ0) is 18.4. The lowest BCUT2D eigenvalue weighted by molar-refractivity contribution is -0.885. The standard InChI is InChI=1S/C17H16ClF3N2O2/c1-23(9-13-14(18)3-2-4-15(13)19)10-16(24)22-11-5-7-12(8-6-11)25-17(20)21/h2-8,17H,9-10H2,1H3,(H,22,24)/p+1. The first-order valence-electron chi connectivity index (χ1n) is 7.44. The summed E-state index contributed by atoms with van der Waals surface area (Å²) in [5, 5.41) is 2.95. The van der Waals surface area contributed by atoms with Gasteiger partial charge < -0.3 is 15.0 Å². The lowest BCUT2D eigenvalue weighted by Crippen LogP contribution is -3.08. The van der Waals surface area contributed by atoms with E-state index in [1.165, 1.54) is 36.4 Å². The van der Waals surface area contributed by atoms with Crippen molar-refractivity contribution in [2.24, 2.45) is 0 Å². The fourth-order valence-corrected chi connectivity index (χ4v) is 2.49. The molecule has 1 amide bonds. The lowest BCUT2D eigenvalue weighted by atomic mass is 10.2. The van der Waals surface area contributed by atoms with Gasteiger partial charge in [-0.25, -0.2) is 4.39 Å². The maximum absolute atomic E-state index is 13.8. The minimum Gasteiger partial charge on any atom is -0.435 e. The molecule has 1 atom stereocenters. The van der Waals surface area contributed by atoms with E-state index in [2.05, 4.69) is 10.1 Å². The smallest absolute Gasteiger partial charge is 0.387 e. The van der Waals surface area contributed by atoms with Gasteiger partial charge in [0.15, 0.2) is 6.54 Å². The number of hydrogen-bond acceptors (Lipinski definition) is 2. The number of hydrogen-bond donors (Lipinski definition) is 2. The topological polar surface area (TPSA) is 42.8 Å². The molecule has 0 aliphatic carbocycles. The molecule has 1 unspecified atom stereocenters. The average molecular weight is 374 g/mol. The molecule has 0 fully saturated rings. The van der Waals surface area contributed by atoms with Crippen molar-refractivity contribution in [3.8, 4) is 5.75 Å². The molecule has 0 aliphatic heterocycles. The normalized spacial score (nSPS) is 12.1. The quantitative estimate of drug-likeness (QED) is 0.783. The number of carbonyl (C=O) groups excluding carboxylic acids is 1. The van der Waals surface area contributed by atoms with Crippen LogP contribution in [0.3, 0.4) is 0 Å². The molecule has 2 rings (SSSR count). The zero-order valence-electron chi connectivity index (χ0n) is 13.4. The molecule has 0 radical (unpaired) electrons. The molecule has 8 heteroatoms. The Kier molecular flexibility index (Phi) is 6.66. The third kappa shape index (κ3) is 5.95. The number of benzene rings is 2. The molecule has 2 aromatic carbocycles. The summed E-state index contributed by atoms with van der Waals surface area (Å²) < 4.78 is 42.1. The number of quaternary nitrogens is 1. The van der Waals surface area contributed by atoms with Crippen LogP contribution in [0.5, 0.6) is 5.75 Å². The summed E-state index contributed by atoms with van der Waals surface area (Å²) in [6.07, 6.45) is 0. The first-order chi connectivity index (χ1) is 11.8. The molecule has 25 heavy (non-hydrogen) atoms. The average Bonchev–Trinajstić information content (AvgIpc) is 2.52. The van der Waals surface area contributed by atoms with Crippen molar-refractivity contribution in [2.45, 2.75) is 13.2 Å². The van der Waals surface area contributed by atoms with Gasteiger partial charge in [0.2, 0.25) is 0 Å². The van der Waals surface area contributed by atoms with Crippen molar-refractivity contribution < 1.29 is 27.6 Å². The fraction of sp³-hybridized carbons (Fsp3) is 0.235. The number of halogens is 4.